The van der Waals surface area contributed by atoms with E-state index in [0.29, 0.717) is 10.6 Å². The van der Waals surface area contributed by atoms with Crippen LogP contribution in [0.1, 0.15) is 22.3 Å². The summed E-state index contributed by atoms with van der Waals surface area (Å²) in [6, 6.07) is 4.03. The molecule has 4 nitrogen and oxygen atoms in total. The Morgan fingerprint density at radius 1 is 1.55 bits per heavy atom. The number of nitrogens with zero attached hydrogens (tertiary/aromatic N) is 2. The molecule has 1 unspecified atom stereocenters. The molecule has 0 fully saturated rings. The van der Waals surface area contributed by atoms with Gasteiger partial charge in [0.2, 0.25) is 0 Å². The molecule has 6 heteroatoms. The molecule has 0 radical (unpaired) electrons. The van der Waals surface area contributed by atoms with Gasteiger partial charge in [0.15, 0.2) is 0 Å². The van der Waals surface area contributed by atoms with Crippen molar-refractivity contribution in [3.05, 3.63) is 22.7 Å². The first-order valence-electron chi connectivity index (χ1n) is 6.37. The number of anilines is 1. The number of aromatic nitrogens is 1. The molecule has 2 heterocycles. The zero-order valence-corrected chi connectivity index (χ0v) is 13.8. The summed E-state index contributed by atoms with van der Waals surface area (Å²) in [5, 5.41) is 0.870. The highest BCUT2D eigenvalue weighted by Gasteiger charge is 2.23. The maximum absolute atomic E-state index is 12.6. The molecule has 0 bridgehead atoms. The van der Waals surface area contributed by atoms with Gasteiger partial charge in [0, 0.05) is 29.9 Å². The Morgan fingerprint density at radius 2 is 2.25 bits per heavy atom. The van der Waals surface area contributed by atoms with E-state index in [1.165, 1.54) is 11.3 Å². The Bertz CT molecular complexity index is 639. The van der Waals surface area contributed by atoms with Crippen LogP contribution in [-0.2, 0) is 0 Å². The zero-order valence-electron chi connectivity index (χ0n) is 12.1. The number of hydrogen-bond acceptors (Lipinski definition) is 5. The van der Waals surface area contributed by atoms with Crippen molar-refractivity contribution in [3.8, 4) is 0 Å². The molecule has 0 aliphatic carbocycles. The van der Waals surface area contributed by atoms with Crippen LogP contribution in [0.15, 0.2) is 12.1 Å². The van der Waals surface area contributed by atoms with Crippen molar-refractivity contribution in [3.63, 3.8) is 0 Å². The summed E-state index contributed by atoms with van der Waals surface area (Å²) in [5.41, 5.74) is 7.60. The number of nitrogens with two attached hydrogens (primary N) is 1. The second kappa shape index (κ2) is 6.01. The van der Waals surface area contributed by atoms with Crippen molar-refractivity contribution < 1.29 is 4.79 Å². The standard InChI is InChI=1S/C14H19N3OS2/c1-8-5-6-10-11(15)12(20-13(10)16-8)14(18)17(3)9(2)7-19-4/h5-6,9H,7,15H2,1-4H3. The molecule has 2 aromatic heterocycles. The summed E-state index contributed by atoms with van der Waals surface area (Å²) in [6.45, 7) is 3.98. The first-order chi connectivity index (χ1) is 9.45. The highest BCUT2D eigenvalue weighted by Crippen LogP contribution is 2.33. The lowest BCUT2D eigenvalue weighted by Gasteiger charge is -2.23. The number of rotatable bonds is 4. The van der Waals surface area contributed by atoms with Gasteiger partial charge in [0.25, 0.3) is 5.91 Å². The second-order valence-electron chi connectivity index (χ2n) is 4.87. The third kappa shape index (κ3) is 2.76. The molecule has 0 saturated heterocycles. The summed E-state index contributed by atoms with van der Waals surface area (Å²) < 4.78 is 0. The minimum Gasteiger partial charge on any atom is -0.397 e. The molecule has 2 aromatic rings. The molecule has 0 aliphatic rings. The Balaban J connectivity index is 2.37. The summed E-state index contributed by atoms with van der Waals surface area (Å²) in [6.07, 6.45) is 2.04. The molecule has 1 atom stereocenters. The van der Waals surface area contributed by atoms with Gasteiger partial charge < -0.3 is 10.6 Å². The van der Waals surface area contributed by atoms with Gasteiger partial charge in [0.05, 0.1) is 5.69 Å². The Morgan fingerprint density at radius 3 is 2.90 bits per heavy atom. The minimum atomic E-state index is -0.0234. The van der Waals surface area contributed by atoms with Crippen molar-refractivity contribution >= 4 is 44.9 Å². The number of carbonyl (C=O) groups is 1. The third-order valence-corrected chi connectivity index (χ3v) is 5.24. The second-order valence-corrected chi connectivity index (χ2v) is 6.78. The lowest BCUT2D eigenvalue weighted by Crippen LogP contribution is -2.36. The summed E-state index contributed by atoms with van der Waals surface area (Å²) in [4.78, 5) is 20.2. The van der Waals surface area contributed by atoms with Crippen molar-refractivity contribution in [1.82, 2.24) is 9.88 Å². The molecule has 0 saturated carbocycles. The van der Waals surface area contributed by atoms with Gasteiger partial charge in [-0.15, -0.1) is 11.3 Å². The number of thioether (sulfide) groups is 1. The largest absolute Gasteiger partial charge is 0.397 e. The number of carbonyl (C=O) groups excluding carboxylic acids is 1. The monoisotopic (exact) mass is 309 g/mol. The van der Waals surface area contributed by atoms with Crippen molar-refractivity contribution in [2.24, 2.45) is 0 Å². The van der Waals surface area contributed by atoms with Crippen LogP contribution in [-0.4, -0.2) is 40.9 Å². The highest BCUT2D eigenvalue weighted by molar-refractivity contribution is 7.98. The molecule has 1 amide bonds. The molecule has 20 heavy (non-hydrogen) atoms. The maximum atomic E-state index is 12.6. The van der Waals surface area contributed by atoms with Crippen LogP contribution >= 0.6 is 23.1 Å². The van der Waals surface area contributed by atoms with Gasteiger partial charge in [-0.05, 0) is 32.2 Å². The smallest absolute Gasteiger partial charge is 0.266 e. The molecule has 0 spiro atoms. The first-order valence-corrected chi connectivity index (χ1v) is 8.58. The molecule has 108 valence electrons. The first kappa shape index (κ1) is 15.1. The van der Waals surface area contributed by atoms with Crippen LogP contribution in [0, 0.1) is 6.92 Å². The number of nitrogen functional groups attached to an aromatic ring is 1. The van der Waals surface area contributed by atoms with Crippen LogP contribution in [0.3, 0.4) is 0 Å². The van der Waals surface area contributed by atoms with E-state index in [9.17, 15) is 4.79 Å². The van der Waals surface area contributed by atoms with Gasteiger partial charge in [-0.25, -0.2) is 4.98 Å². The Labute approximate surface area is 127 Å². The van der Waals surface area contributed by atoms with Crippen LogP contribution in [0.4, 0.5) is 5.69 Å². The van der Waals surface area contributed by atoms with Crippen molar-refractivity contribution in [1.29, 1.82) is 0 Å². The van der Waals surface area contributed by atoms with Gasteiger partial charge in [-0.2, -0.15) is 11.8 Å². The van der Waals surface area contributed by atoms with Gasteiger partial charge in [-0.1, -0.05) is 0 Å². The Kier molecular flexibility index (Phi) is 4.55. The lowest BCUT2D eigenvalue weighted by atomic mass is 10.2. The molecular weight excluding hydrogens is 290 g/mol. The SMILES string of the molecule is CSCC(C)N(C)C(=O)c1sc2nc(C)ccc2c1N. The quantitative estimate of drug-likeness (QED) is 0.943. The van der Waals surface area contributed by atoms with E-state index < -0.39 is 0 Å². The topological polar surface area (TPSA) is 59.2 Å². The average Bonchev–Trinajstić information content (AvgIpc) is 2.74. The van der Waals surface area contributed by atoms with Crippen LogP contribution in [0.2, 0.25) is 0 Å². The molecule has 0 aliphatic heterocycles. The fraction of sp³-hybridized carbons (Fsp3) is 0.429. The van der Waals surface area contributed by atoms with Gasteiger partial charge in [0.1, 0.15) is 9.71 Å². The molecular formula is C14H19N3OS2. The van der Waals surface area contributed by atoms with E-state index in [1.54, 1.807) is 16.7 Å². The van der Waals surface area contributed by atoms with E-state index in [-0.39, 0.29) is 11.9 Å². The van der Waals surface area contributed by atoms with Crippen molar-refractivity contribution in [2.75, 3.05) is 24.8 Å². The number of amides is 1. The van der Waals surface area contributed by atoms with Crippen LogP contribution in [0.25, 0.3) is 10.2 Å². The summed E-state index contributed by atoms with van der Waals surface area (Å²) in [5.74, 6) is 0.884. The molecule has 2 rings (SSSR count). The predicted molar refractivity (Wildman–Crippen MR) is 88.7 cm³/mol. The maximum Gasteiger partial charge on any atom is 0.266 e. The fourth-order valence-electron chi connectivity index (χ4n) is 1.96. The normalized spacial score (nSPS) is 12.6. The van der Waals surface area contributed by atoms with E-state index in [1.807, 2.05) is 39.3 Å². The number of thiophene rings is 1. The third-order valence-electron chi connectivity index (χ3n) is 3.32. The van der Waals surface area contributed by atoms with Crippen LogP contribution < -0.4 is 5.73 Å². The van der Waals surface area contributed by atoms with E-state index in [2.05, 4.69) is 4.98 Å². The molecule has 2 N–H and O–H groups in total. The summed E-state index contributed by atoms with van der Waals surface area (Å²) in [7, 11) is 1.83. The fourth-order valence-corrected chi connectivity index (χ4v) is 3.79. The van der Waals surface area contributed by atoms with Gasteiger partial charge in [-0.3, -0.25) is 4.79 Å². The lowest BCUT2D eigenvalue weighted by molar-refractivity contribution is 0.0763. The van der Waals surface area contributed by atoms with Crippen LogP contribution in [0.5, 0.6) is 0 Å². The number of fused-ring (bicyclic) bond motifs is 1. The number of hydrogen-bond donors (Lipinski definition) is 1. The zero-order chi connectivity index (χ0) is 14.9. The highest BCUT2D eigenvalue weighted by atomic mass is 32.2. The number of aryl methyl sites for hydroxylation is 1. The van der Waals surface area contributed by atoms with E-state index >= 15 is 0 Å². The summed E-state index contributed by atoms with van der Waals surface area (Å²) >= 11 is 3.10. The van der Waals surface area contributed by atoms with E-state index in [4.69, 9.17) is 5.73 Å². The van der Waals surface area contributed by atoms with E-state index in [0.717, 1.165) is 21.7 Å². The molecule has 0 aromatic carbocycles. The average molecular weight is 309 g/mol. The van der Waals surface area contributed by atoms with Crippen molar-refractivity contribution in [2.45, 2.75) is 19.9 Å². The minimum absolute atomic E-state index is 0.0234. The Hall–Kier alpha value is -1.27. The van der Waals surface area contributed by atoms with Gasteiger partial charge >= 0.3 is 0 Å². The number of pyridine rings is 1. The predicted octanol–water partition coefficient (Wildman–Crippen LogP) is 3.01.